The average Bonchev–Trinajstić information content (AvgIpc) is 2.95. The molecule has 1 unspecified atom stereocenters. The Labute approximate surface area is 133 Å². The number of rotatable bonds is 3. The number of thiophene rings is 1. The van der Waals surface area contributed by atoms with Crippen molar-refractivity contribution in [2.75, 3.05) is 26.7 Å². The molecule has 0 spiro atoms. The summed E-state index contributed by atoms with van der Waals surface area (Å²) < 4.78 is 1.54. The summed E-state index contributed by atoms with van der Waals surface area (Å²) in [6, 6.07) is 2.01. The van der Waals surface area contributed by atoms with Crippen LogP contribution in [0.15, 0.2) is 22.6 Å². The first-order valence-corrected chi connectivity index (χ1v) is 8.35. The average molecular weight is 320 g/mol. The number of hydrogen-bond acceptors (Lipinski definition) is 5. The van der Waals surface area contributed by atoms with Crippen LogP contribution in [0.25, 0.3) is 10.2 Å². The van der Waals surface area contributed by atoms with Gasteiger partial charge >= 0.3 is 0 Å². The molecule has 118 valence electrons. The highest BCUT2D eigenvalue weighted by Gasteiger charge is 2.25. The van der Waals surface area contributed by atoms with Gasteiger partial charge in [-0.25, -0.2) is 4.98 Å². The molecular formula is C15H20N4O2S. The summed E-state index contributed by atoms with van der Waals surface area (Å²) in [7, 11) is 2.07. The van der Waals surface area contributed by atoms with Crippen LogP contribution in [0.4, 0.5) is 0 Å². The van der Waals surface area contributed by atoms with Gasteiger partial charge in [0.2, 0.25) is 5.91 Å². The number of amides is 1. The van der Waals surface area contributed by atoms with Gasteiger partial charge in [0.05, 0.1) is 11.7 Å². The van der Waals surface area contributed by atoms with Crippen molar-refractivity contribution in [3.63, 3.8) is 0 Å². The number of fused-ring (bicyclic) bond motifs is 1. The zero-order valence-corrected chi connectivity index (χ0v) is 13.7. The van der Waals surface area contributed by atoms with Crippen LogP contribution in [0.2, 0.25) is 0 Å². The summed E-state index contributed by atoms with van der Waals surface area (Å²) in [6.07, 6.45) is 1.88. The van der Waals surface area contributed by atoms with Crippen molar-refractivity contribution < 1.29 is 4.79 Å². The molecule has 3 heterocycles. The maximum Gasteiger partial charge on any atom is 0.262 e. The number of hydrogen-bond donors (Lipinski definition) is 0. The normalized spacial score (nSPS) is 19.7. The van der Waals surface area contributed by atoms with E-state index in [9.17, 15) is 9.59 Å². The summed E-state index contributed by atoms with van der Waals surface area (Å²) in [5.74, 6) is 0.109. The SMILES string of the molecule is CC1CN(C)CCN1C(=O)CCn1cnc2sccc2c1=O. The third kappa shape index (κ3) is 2.91. The summed E-state index contributed by atoms with van der Waals surface area (Å²) >= 11 is 1.45. The molecule has 2 aromatic heterocycles. The first-order chi connectivity index (χ1) is 10.6. The lowest BCUT2D eigenvalue weighted by Gasteiger charge is -2.38. The number of aromatic nitrogens is 2. The number of aryl methyl sites for hydroxylation is 1. The largest absolute Gasteiger partial charge is 0.337 e. The Morgan fingerprint density at radius 2 is 2.27 bits per heavy atom. The molecule has 1 atom stereocenters. The van der Waals surface area contributed by atoms with Crippen molar-refractivity contribution in [1.82, 2.24) is 19.4 Å². The number of carbonyl (C=O) groups excluding carboxylic acids is 1. The molecule has 0 N–H and O–H groups in total. The predicted molar refractivity (Wildman–Crippen MR) is 87.2 cm³/mol. The van der Waals surface area contributed by atoms with Gasteiger partial charge in [0.25, 0.3) is 5.56 Å². The van der Waals surface area contributed by atoms with Crippen LogP contribution < -0.4 is 5.56 Å². The van der Waals surface area contributed by atoms with Crippen LogP contribution in [0.5, 0.6) is 0 Å². The predicted octanol–water partition coefficient (Wildman–Crippen LogP) is 1.01. The Balaban J connectivity index is 1.67. The lowest BCUT2D eigenvalue weighted by molar-refractivity contribution is -0.135. The Morgan fingerprint density at radius 3 is 3.05 bits per heavy atom. The molecule has 22 heavy (non-hydrogen) atoms. The highest BCUT2D eigenvalue weighted by atomic mass is 32.1. The fourth-order valence-corrected chi connectivity index (χ4v) is 3.65. The first kappa shape index (κ1) is 15.2. The van der Waals surface area contributed by atoms with Gasteiger partial charge in [-0.1, -0.05) is 0 Å². The van der Waals surface area contributed by atoms with Crippen LogP contribution >= 0.6 is 11.3 Å². The summed E-state index contributed by atoms with van der Waals surface area (Å²) in [5.41, 5.74) is -0.0644. The molecule has 1 aliphatic heterocycles. The monoisotopic (exact) mass is 320 g/mol. The van der Waals surface area contributed by atoms with E-state index in [0.717, 1.165) is 24.5 Å². The van der Waals surface area contributed by atoms with Crippen molar-refractivity contribution in [3.05, 3.63) is 28.1 Å². The topological polar surface area (TPSA) is 58.4 Å². The summed E-state index contributed by atoms with van der Waals surface area (Å²) in [5, 5.41) is 2.49. The fraction of sp³-hybridized carbons (Fsp3) is 0.533. The van der Waals surface area contributed by atoms with E-state index in [-0.39, 0.29) is 17.5 Å². The van der Waals surface area contributed by atoms with Gasteiger partial charge in [-0.3, -0.25) is 14.2 Å². The molecule has 1 saturated heterocycles. The van der Waals surface area contributed by atoms with Crippen molar-refractivity contribution in [2.45, 2.75) is 25.9 Å². The highest BCUT2D eigenvalue weighted by molar-refractivity contribution is 7.16. The van der Waals surface area contributed by atoms with Gasteiger partial charge in [-0.2, -0.15) is 0 Å². The number of piperazine rings is 1. The molecule has 0 bridgehead atoms. The lowest BCUT2D eigenvalue weighted by atomic mass is 10.2. The van der Waals surface area contributed by atoms with Crippen LogP contribution in [0.3, 0.4) is 0 Å². The van der Waals surface area contributed by atoms with E-state index in [1.807, 2.05) is 10.3 Å². The standard InChI is InChI=1S/C15H20N4O2S/c1-11-9-17(2)6-7-19(11)13(20)3-5-18-10-16-14-12(15(18)21)4-8-22-14/h4,8,10-11H,3,5-7,9H2,1-2H3. The van der Waals surface area contributed by atoms with Gasteiger partial charge in [0.15, 0.2) is 0 Å². The molecule has 0 radical (unpaired) electrons. The number of nitrogens with zero attached hydrogens (tertiary/aromatic N) is 4. The second-order valence-electron chi connectivity index (χ2n) is 5.83. The molecule has 6 nitrogen and oxygen atoms in total. The molecule has 0 saturated carbocycles. The van der Waals surface area contributed by atoms with Gasteiger partial charge in [-0.05, 0) is 25.4 Å². The van der Waals surface area contributed by atoms with Crippen LogP contribution in [-0.4, -0.2) is 58.0 Å². The zero-order chi connectivity index (χ0) is 15.7. The maximum atomic E-state index is 12.4. The van der Waals surface area contributed by atoms with E-state index in [2.05, 4.69) is 23.9 Å². The van der Waals surface area contributed by atoms with Crippen LogP contribution in [0.1, 0.15) is 13.3 Å². The van der Waals surface area contributed by atoms with Crippen molar-refractivity contribution in [3.8, 4) is 0 Å². The molecule has 1 aliphatic rings. The van der Waals surface area contributed by atoms with Crippen molar-refractivity contribution >= 4 is 27.5 Å². The molecule has 2 aromatic rings. The lowest BCUT2D eigenvalue weighted by Crippen LogP contribution is -2.52. The Kier molecular flexibility index (Phi) is 4.26. The first-order valence-electron chi connectivity index (χ1n) is 7.47. The molecular weight excluding hydrogens is 300 g/mol. The van der Waals surface area contributed by atoms with E-state index in [0.29, 0.717) is 18.4 Å². The molecule has 0 aliphatic carbocycles. The Hall–Kier alpha value is -1.73. The highest BCUT2D eigenvalue weighted by Crippen LogP contribution is 2.14. The minimum Gasteiger partial charge on any atom is -0.337 e. The third-order valence-electron chi connectivity index (χ3n) is 4.17. The number of carbonyl (C=O) groups is 1. The van der Waals surface area contributed by atoms with Crippen LogP contribution in [-0.2, 0) is 11.3 Å². The van der Waals surface area contributed by atoms with E-state index in [1.165, 1.54) is 15.9 Å². The fourth-order valence-electron chi connectivity index (χ4n) is 2.92. The quantitative estimate of drug-likeness (QED) is 0.847. The maximum absolute atomic E-state index is 12.4. The molecule has 7 heteroatoms. The molecule has 3 rings (SSSR count). The minimum atomic E-state index is -0.0644. The van der Waals surface area contributed by atoms with Gasteiger partial charge < -0.3 is 9.80 Å². The molecule has 0 aromatic carbocycles. The second-order valence-corrected chi connectivity index (χ2v) is 6.73. The van der Waals surface area contributed by atoms with Crippen molar-refractivity contribution in [1.29, 1.82) is 0 Å². The summed E-state index contributed by atoms with van der Waals surface area (Å²) in [4.78, 5) is 33.8. The van der Waals surface area contributed by atoms with E-state index in [1.54, 1.807) is 12.4 Å². The van der Waals surface area contributed by atoms with Gasteiger partial charge in [0.1, 0.15) is 4.83 Å². The summed E-state index contributed by atoms with van der Waals surface area (Å²) in [6.45, 7) is 5.01. The van der Waals surface area contributed by atoms with Crippen LogP contribution in [0, 0.1) is 0 Å². The van der Waals surface area contributed by atoms with Gasteiger partial charge in [-0.15, -0.1) is 11.3 Å². The molecule has 1 fully saturated rings. The smallest absolute Gasteiger partial charge is 0.262 e. The zero-order valence-electron chi connectivity index (χ0n) is 12.9. The van der Waals surface area contributed by atoms with E-state index < -0.39 is 0 Å². The second kappa shape index (κ2) is 6.18. The van der Waals surface area contributed by atoms with Crippen molar-refractivity contribution in [2.24, 2.45) is 0 Å². The molecule has 1 amide bonds. The van der Waals surface area contributed by atoms with Gasteiger partial charge in [0, 0.05) is 38.6 Å². The third-order valence-corrected chi connectivity index (χ3v) is 4.99. The Morgan fingerprint density at radius 1 is 1.45 bits per heavy atom. The minimum absolute atomic E-state index is 0.0644. The number of likely N-dealkylation sites (N-methyl/N-ethyl adjacent to an activating group) is 1. The van der Waals surface area contributed by atoms with E-state index >= 15 is 0 Å². The van der Waals surface area contributed by atoms with E-state index in [4.69, 9.17) is 0 Å². The Bertz CT molecular complexity index is 738.